The number of aliphatic carboxylic acids is 1. The third kappa shape index (κ3) is 2.65. The molecule has 1 heterocycles. The van der Waals surface area contributed by atoms with Crippen LogP contribution in [0.4, 0.5) is 0 Å². The molecule has 0 radical (unpaired) electrons. The van der Waals surface area contributed by atoms with Gasteiger partial charge in [-0.2, -0.15) is 0 Å². The Hall–Kier alpha value is -0.720. The number of Topliss-reactive ketones (excluding diaryl/α,β-unsaturated/α-hetero) is 1. The van der Waals surface area contributed by atoms with Crippen LogP contribution < -0.4 is 0 Å². The van der Waals surface area contributed by atoms with Gasteiger partial charge in [-0.15, -0.1) is 11.3 Å². The van der Waals surface area contributed by atoms with Gasteiger partial charge in [0, 0.05) is 25.5 Å². The summed E-state index contributed by atoms with van der Waals surface area (Å²) in [5, 5.41) is 11.3. The van der Waals surface area contributed by atoms with Crippen molar-refractivity contribution in [3.8, 4) is 0 Å². The maximum atomic E-state index is 12.1. The van der Waals surface area contributed by atoms with Crippen molar-refractivity contribution in [1.29, 1.82) is 0 Å². The Morgan fingerprint density at radius 1 is 1.39 bits per heavy atom. The molecule has 1 unspecified atom stereocenters. The molecule has 0 aliphatic carbocycles. The minimum Gasteiger partial charge on any atom is -0.481 e. The third-order valence-electron chi connectivity index (χ3n) is 2.46. The second kappa shape index (κ2) is 5.50. The van der Waals surface area contributed by atoms with Gasteiger partial charge in [-0.05, 0) is 22.0 Å². The zero-order valence-electron chi connectivity index (χ0n) is 9.02. The number of fused-ring (bicyclic) bond motifs is 1. The van der Waals surface area contributed by atoms with Crippen LogP contribution in [0.15, 0.2) is 28.1 Å². The monoisotopic (exact) mass is 390 g/mol. The summed E-state index contributed by atoms with van der Waals surface area (Å²) in [4.78, 5) is 22.1. The molecule has 0 saturated heterocycles. The average Bonchev–Trinajstić information content (AvgIpc) is 2.72. The number of carboxylic acid groups (broad SMARTS) is 1. The SMILES string of the molecule is O=C(O)CC(Br)C(=O)c1csc2c(Br)cccc12. The standard InChI is InChI=1S/C12H8Br2O3S/c13-8-3-1-2-6-7(5-18-12(6)8)11(17)9(14)4-10(15)16/h1-3,5,9H,4H2,(H,15,16). The van der Waals surface area contributed by atoms with Crippen molar-refractivity contribution in [2.45, 2.75) is 11.2 Å². The summed E-state index contributed by atoms with van der Waals surface area (Å²) in [6.45, 7) is 0. The Balaban J connectivity index is 2.40. The van der Waals surface area contributed by atoms with Crippen molar-refractivity contribution in [2.24, 2.45) is 0 Å². The molecular formula is C12H8Br2O3S. The summed E-state index contributed by atoms with van der Waals surface area (Å²) in [5.41, 5.74) is 0.569. The minimum atomic E-state index is -0.994. The Morgan fingerprint density at radius 3 is 2.78 bits per heavy atom. The van der Waals surface area contributed by atoms with Gasteiger partial charge in [0.2, 0.25) is 0 Å². The molecular weight excluding hydrogens is 384 g/mol. The van der Waals surface area contributed by atoms with Crippen molar-refractivity contribution in [1.82, 2.24) is 0 Å². The van der Waals surface area contributed by atoms with Crippen molar-refractivity contribution in [2.75, 3.05) is 0 Å². The van der Waals surface area contributed by atoms with Gasteiger partial charge < -0.3 is 5.11 Å². The normalized spacial score (nSPS) is 12.6. The molecule has 0 amide bonds. The molecule has 3 nitrogen and oxygen atoms in total. The van der Waals surface area contributed by atoms with Crippen LogP contribution in [0.5, 0.6) is 0 Å². The van der Waals surface area contributed by atoms with E-state index in [0.717, 1.165) is 14.6 Å². The first kappa shape index (κ1) is 13.7. The van der Waals surface area contributed by atoms with E-state index < -0.39 is 10.8 Å². The van der Waals surface area contributed by atoms with Gasteiger partial charge in [0.15, 0.2) is 5.78 Å². The van der Waals surface area contributed by atoms with Gasteiger partial charge in [0.1, 0.15) is 0 Å². The number of carbonyl (C=O) groups excluding carboxylic acids is 1. The third-order valence-corrected chi connectivity index (χ3v) is 5.15. The van der Waals surface area contributed by atoms with Gasteiger partial charge in [-0.25, -0.2) is 0 Å². The molecule has 0 aliphatic rings. The lowest BCUT2D eigenvalue weighted by Crippen LogP contribution is -2.17. The van der Waals surface area contributed by atoms with E-state index in [-0.39, 0.29) is 12.2 Å². The Bertz CT molecular complexity index is 621. The largest absolute Gasteiger partial charge is 0.481 e. The van der Waals surface area contributed by atoms with Crippen LogP contribution in [0.2, 0.25) is 0 Å². The van der Waals surface area contributed by atoms with E-state index in [1.54, 1.807) is 5.38 Å². The van der Waals surface area contributed by atoms with Crippen LogP contribution in [0, 0.1) is 0 Å². The summed E-state index contributed by atoms with van der Waals surface area (Å²) in [7, 11) is 0. The highest BCUT2D eigenvalue weighted by molar-refractivity contribution is 9.10. The van der Waals surface area contributed by atoms with Crippen LogP contribution in [0.3, 0.4) is 0 Å². The predicted octanol–water partition coefficient (Wildman–Crippen LogP) is 4.08. The summed E-state index contributed by atoms with van der Waals surface area (Å²) >= 11 is 8.03. The highest BCUT2D eigenvalue weighted by Gasteiger charge is 2.22. The average molecular weight is 392 g/mol. The Morgan fingerprint density at radius 2 is 2.11 bits per heavy atom. The van der Waals surface area contributed by atoms with E-state index in [9.17, 15) is 9.59 Å². The maximum absolute atomic E-state index is 12.1. The zero-order valence-corrected chi connectivity index (χ0v) is 13.0. The topological polar surface area (TPSA) is 54.4 Å². The highest BCUT2D eigenvalue weighted by atomic mass is 79.9. The number of carbonyl (C=O) groups is 2. The molecule has 1 aromatic carbocycles. The maximum Gasteiger partial charge on any atom is 0.304 e. The number of rotatable bonds is 4. The lowest BCUT2D eigenvalue weighted by Gasteiger charge is -2.05. The van der Waals surface area contributed by atoms with E-state index in [0.29, 0.717) is 5.56 Å². The molecule has 0 fully saturated rings. The minimum absolute atomic E-state index is 0.193. The first-order chi connectivity index (χ1) is 8.50. The number of alkyl halides is 1. The lowest BCUT2D eigenvalue weighted by atomic mass is 10.1. The van der Waals surface area contributed by atoms with Gasteiger partial charge >= 0.3 is 5.97 Å². The molecule has 18 heavy (non-hydrogen) atoms. The quantitative estimate of drug-likeness (QED) is 0.630. The van der Waals surface area contributed by atoms with Gasteiger partial charge in [0.05, 0.1) is 11.2 Å². The van der Waals surface area contributed by atoms with E-state index in [1.165, 1.54) is 11.3 Å². The number of carboxylic acids is 1. The van der Waals surface area contributed by atoms with E-state index in [1.807, 2.05) is 18.2 Å². The van der Waals surface area contributed by atoms with Crippen molar-refractivity contribution in [3.63, 3.8) is 0 Å². The van der Waals surface area contributed by atoms with Crippen LogP contribution in [-0.2, 0) is 4.79 Å². The van der Waals surface area contributed by atoms with Crippen molar-refractivity contribution >= 4 is 65.0 Å². The first-order valence-electron chi connectivity index (χ1n) is 5.06. The molecule has 1 N–H and O–H groups in total. The molecule has 0 spiro atoms. The molecule has 2 aromatic rings. The van der Waals surface area contributed by atoms with E-state index in [4.69, 9.17) is 5.11 Å². The van der Waals surface area contributed by atoms with Gasteiger partial charge in [-0.3, -0.25) is 9.59 Å². The van der Waals surface area contributed by atoms with Crippen LogP contribution in [-0.4, -0.2) is 21.7 Å². The summed E-state index contributed by atoms with van der Waals surface area (Å²) < 4.78 is 1.93. The highest BCUT2D eigenvalue weighted by Crippen LogP contribution is 2.33. The molecule has 0 bridgehead atoms. The zero-order chi connectivity index (χ0) is 13.3. The molecule has 94 valence electrons. The fourth-order valence-electron chi connectivity index (χ4n) is 1.63. The predicted molar refractivity (Wildman–Crippen MR) is 78.8 cm³/mol. The van der Waals surface area contributed by atoms with Crippen LogP contribution in [0.1, 0.15) is 16.8 Å². The number of benzene rings is 1. The number of hydrogen-bond donors (Lipinski definition) is 1. The number of halogens is 2. The van der Waals surface area contributed by atoms with Crippen molar-refractivity contribution < 1.29 is 14.7 Å². The Labute approximate surface area is 124 Å². The fraction of sp³-hybridized carbons (Fsp3) is 0.167. The molecule has 0 saturated carbocycles. The van der Waals surface area contributed by atoms with E-state index >= 15 is 0 Å². The van der Waals surface area contributed by atoms with E-state index in [2.05, 4.69) is 31.9 Å². The van der Waals surface area contributed by atoms with Crippen molar-refractivity contribution in [3.05, 3.63) is 33.6 Å². The van der Waals surface area contributed by atoms with Crippen LogP contribution >= 0.6 is 43.2 Å². The van der Waals surface area contributed by atoms with Gasteiger partial charge in [-0.1, -0.05) is 28.1 Å². The number of thiophene rings is 1. The number of hydrogen-bond acceptors (Lipinski definition) is 3. The molecule has 1 aromatic heterocycles. The smallest absolute Gasteiger partial charge is 0.304 e. The van der Waals surface area contributed by atoms with Gasteiger partial charge in [0.25, 0.3) is 0 Å². The molecule has 1 atom stereocenters. The molecule has 0 aliphatic heterocycles. The first-order valence-corrected chi connectivity index (χ1v) is 7.65. The second-order valence-electron chi connectivity index (χ2n) is 3.70. The molecule has 6 heteroatoms. The summed E-state index contributed by atoms with van der Waals surface area (Å²) in [5.74, 6) is -1.19. The fourth-order valence-corrected chi connectivity index (χ4v) is 3.76. The summed E-state index contributed by atoms with van der Waals surface area (Å²) in [6, 6.07) is 5.64. The second-order valence-corrected chi connectivity index (χ2v) is 6.53. The number of ketones is 1. The van der Waals surface area contributed by atoms with Crippen LogP contribution in [0.25, 0.3) is 10.1 Å². The lowest BCUT2D eigenvalue weighted by molar-refractivity contribution is -0.136. The Kier molecular flexibility index (Phi) is 4.19. The molecule has 2 rings (SSSR count). The summed E-state index contributed by atoms with van der Waals surface area (Å²) in [6.07, 6.45) is -0.218.